The fraction of sp³-hybridized carbons (Fsp3) is 0.158. The first kappa shape index (κ1) is 13.3. The zero-order chi connectivity index (χ0) is 13.6. The maximum atomic E-state index is 2.34. The maximum absolute atomic E-state index is 2.34. The van der Waals surface area contributed by atoms with E-state index in [1.54, 1.807) is 5.31 Å². The molecule has 0 spiro atoms. The molecule has 100 valence electrons. The second-order valence-corrected chi connectivity index (χ2v) is 7.30. The van der Waals surface area contributed by atoms with Crippen LogP contribution in [0.25, 0.3) is 0 Å². The van der Waals surface area contributed by atoms with Crippen molar-refractivity contribution in [3.8, 4) is 0 Å². The van der Waals surface area contributed by atoms with Gasteiger partial charge in [-0.25, -0.2) is 0 Å². The van der Waals surface area contributed by atoms with E-state index in [9.17, 15) is 0 Å². The van der Waals surface area contributed by atoms with Crippen LogP contribution >= 0.6 is 7.92 Å². The molecule has 0 amide bonds. The largest absolute Gasteiger partial charge is 0.0842 e. The molecule has 0 radical (unpaired) electrons. The Morgan fingerprint density at radius 2 is 1.55 bits per heavy atom. The predicted octanol–water partition coefficient (Wildman–Crippen LogP) is 5.23. The van der Waals surface area contributed by atoms with E-state index in [-0.39, 0.29) is 7.92 Å². The van der Waals surface area contributed by atoms with Crippen LogP contribution in [-0.2, 0) is 6.16 Å². The summed E-state index contributed by atoms with van der Waals surface area (Å²) >= 11 is 0. The highest BCUT2D eigenvalue weighted by Gasteiger charge is 2.17. The third kappa shape index (κ3) is 3.26. The minimum absolute atomic E-state index is 0.240. The Hall–Kier alpha value is -1.65. The Labute approximate surface area is 122 Å². The van der Waals surface area contributed by atoms with E-state index in [4.69, 9.17) is 0 Å². The van der Waals surface area contributed by atoms with E-state index in [0.717, 1.165) is 6.16 Å². The molecule has 1 aliphatic carbocycles. The van der Waals surface area contributed by atoms with Crippen LogP contribution in [0.4, 0.5) is 0 Å². The number of hydrogen-bond donors (Lipinski definition) is 0. The van der Waals surface area contributed by atoms with Crippen molar-refractivity contribution in [3.05, 3.63) is 89.8 Å². The van der Waals surface area contributed by atoms with Crippen LogP contribution < -0.4 is 5.30 Å². The Morgan fingerprint density at radius 3 is 2.20 bits per heavy atom. The van der Waals surface area contributed by atoms with Gasteiger partial charge in [-0.2, -0.15) is 0 Å². The van der Waals surface area contributed by atoms with Gasteiger partial charge in [0.2, 0.25) is 0 Å². The molecule has 0 aromatic heterocycles. The summed E-state index contributed by atoms with van der Waals surface area (Å²) in [4.78, 5) is 0. The van der Waals surface area contributed by atoms with Gasteiger partial charge in [0.25, 0.3) is 0 Å². The summed E-state index contributed by atoms with van der Waals surface area (Å²) in [7, 11) is -0.240. The second kappa shape index (κ2) is 6.68. The molecule has 0 heterocycles. The topological polar surface area (TPSA) is 0 Å². The van der Waals surface area contributed by atoms with E-state index in [2.05, 4.69) is 78.9 Å². The first-order valence-electron chi connectivity index (χ1n) is 7.16. The third-order valence-corrected chi connectivity index (χ3v) is 6.26. The average molecular weight is 278 g/mol. The van der Waals surface area contributed by atoms with Crippen LogP contribution in [0, 0.1) is 0 Å². The Kier molecular flexibility index (Phi) is 4.46. The Morgan fingerprint density at radius 1 is 0.850 bits per heavy atom. The van der Waals surface area contributed by atoms with Gasteiger partial charge >= 0.3 is 0 Å². The first-order valence-corrected chi connectivity index (χ1v) is 8.68. The molecule has 0 saturated carbocycles. The van der Waals surface area contributed by atoms with Crippen molar-refractivity contribution in [2.24, 2.45) is 0 Å². The van der Waals surface area contributed by atoms with E-state index in [0.29, 0.717) is 0 Å². The van der Waals surface area contributed by atoms with Crippen molar-refractivity contribution in [3.63, 3.8) is 0 Å². The molecule has 20 heavy (non-hydrogen) atoms. The van der Waals surface area contributed by atoms with Crippen molar-refractivity contribution in [1.82, 2.24) is 0 Å². The lowest BCUT2D eigenvalue weighted by Gasteiger charge is -2.23. The van der Waals surface area contributed by atoms with Crippen molar-refractivity contribution < 1.29 is 0 Å². The molecular weight excluding hydrogens is 259 g/mol. The molecule has 0 bridgehead atoms. The normalized spacial score (nSPS) is 15.7. The van der Waals surface area contributed by atoms with Crippen molar-refractivity contribution in [2.45, 2.75) is 19.0 Å². The van der Waals surface area contributed by atoms with E-state index < -0.39 is 0 Å². The monoisotopic (exact) mass is 278 g/mol. The van der Waals surface area contributed by atoms with Gasteiger partial charge in [0, 0.05) is 6.16 Å². The molecule has 3 rings (SSSR count). The summed E-state index contributed by atoms with van der Waals surface area (Å²) in [5, 5.41) is 3.12. The van der Waals surface area contributed by atoms with Crippen molar-refractivity contribution >= 4 is 13.2 Å². The molecular formula is C19H19P. The fourth-order valence-electron chi connectivity index (χ4n) is 2.55. The Balaban J connectivity index is 1.91. The summed E-state index contributed by atoms with van der Waals surface area (Å²) in [6.45, 7) is 0. The molecule has 2 aromatic carbocycles. The molecule has 0 N–H and O–H groups in total. The first-order chi connectivity index (χ1) is 9.93. The van der Waals surface area contributed by atoms with Crippen molar-refractivity contribution in [1.29, 1.82) is 0 Å². The van der Waals surface area contributed by atoms with Crippen LogP contribution in [-0.4, -0.2) is 0 Å². The lowest BCUT2D eigenvalue weighted by molar-refractivity contribution is 1.01. The van der Waals surface area contributed by atoms with Gasteiger partial charge in [0.15, 0.2) is 0 Å². The van der Waals surface area contributed by atoms with Crippen LogP contribution in [0.5, 0.6) is 0 Å². The summed E-state index contributed by atoms with van der Waals surface area (Å²) in [5.74, 6) is 0. The molecule has 0 nitrogen and oxygen atoms in total. The van der Waals surface area contributed by atoms with Gasteiger partial charge in [-0.3, -0.25) is 0 Å². The molecule has 0 fully saturated rings. The van der Waals surface area contributed by atoms with E-state index in [1.807, 2.05) is 0 Å². The molecule has 1 heteroatoms. The summed E-state index contributed by atoms with van der Waals surface area (Å²) < 4.78 is 0. The minimum atomic E-state index is -0.240. The highest BCUT2D eigenvalue weighted by Crippen LogP contribution is 2.49. The number of benzene rings is 2. The molecule has 2 aromatic rings. The molecule has 0 aliphatic heterocycles. The van der Waals surface area contributed by atoms with Crippen LogP contribution in [0.15, 0.2) is 84.2 Å². The van der Waals surface area contributed by atoms with Gasteiger partial charge in [0.05, 0.1) is 0 Å². The predicted molar refractivity (Wildman–Crippen MR) is 89.6 cm³/mol. The molecule has 0 saturated heterocycles. The molecule has 1 atom stereocenters. The smallest absolute Gasteiger partial charge is 0.000440 e. The highest BCUT2D eigenvalue weighted by molar-refractivity contribution is 7.69. The third-order valence-electron chi connectivity index (χ3n) is 3.59. The Bertz CT molecular complexity index is 596. The lowest BCUT2D eigenvalue weighted by Crippen LogP contribution is -2.05. The van der Waals surface area contributed by atoms with Gasteiger partial charge in [-0.05, 0) is 36.9 Å². The quantitative estimate of drug-likeness (QED) is 0.672. The zero-order valence-corrected chi connectivity index (χ0v) is 12.5. The van der Waals surface area contributed by atoms with Crippen LogP contribution in [0.2, 0.25) is 0 Å². The zero-order valence-electron chi connectivity index (χ0n) is 11.6. The maximum Gasteiger partial charge on any atom is 0.000440 e. The molecule has 1 aliphatic rings. The number of rotatable bonds is 4. The van der Waals surface area contributed by atoms with Gasteiger partial charge in [0.1, 0.15) is 0 Å². The van der Waals surface area contributed by atoms with Crippen LogP contribution in [0.1, 0.15) is 18.4 Å². The summed E-state index contributed by atoms with van der Waals surface area (Å²) in [5.41, 5.74) is 1.44. The SMILES string of the molecule is C1=CCCC(P(Cc2ccccc2)c2ccccc2)=C1. The van der Waals surface area contributed by atoms with Gasteiger partial charge in [-0.15, -0.1) is 0 Å². The lowest BCUT2D eigenvalue weighted by atomic mass is 10.2. The van der Waals surface area contributed by atoms with E-state index in [1.165, 1.54) is 23.7 Å². The molecule has 1 unspecified atom stereocenters. The second-order valence-electron chi connectivity index (χ2n) is 5.03. The highest BCUT2D eigenvalue weighted by atomic mass is 31.1. The minimum Gasteiger partial charge on any atom is -0.0842 e. The standard InChI is InChI=1S/C19H19P/c1-4-10-17(11-5-1)16-20(18-12-6-2-7-13-18)19-14-8-3-9-15-19/h1-8,10-14H,9,15-16H2. The number of allylic oxidation sites excluding steroid dienone is 4. The summed E-state index contributed by atoms with van der Waals surface area (Å²) in [6, 6.07) is 21.9. The van der Waals surface area contributed by atoms with Gasteiger partial charge < -0.3 is 0 Å². The van der Waals surface area contributed by atoms with Crippen LogP contribution in [0.3, 0.4) is 0 Å². The van der Waals surface area contributed by atoms with E-state index >= 15 is 0 Å². The average Bonchev–Trinajstić information content (AvgIpc) is 2.55. The van der Waals surface area contributed by atoms with Crippen molar-refractivity contribution in [2.75, 3.05) is 0 Å². The fourth-order valence-corrected chi connectivity index (χ4v) is 5.04. The summed E-state index contributed by atoms with van der Waals surface area (Å²) in [6.07, 6.45) is 10.4. The van der Waals surface area contributed by atoms with Gasteiger partial charge in [-0.1, -0.05) is 78.9 Å². The number of hydrogen-bond acceptors (Lipinski definition) is 0.